The smallest absolute Gasteiger partial charge is 0.191 e. The molecule has 5 nitrogen and oxygen atoms in total. The fourth-order valence-electron chi connectivity index (χ4n) is 2.22. The average Bonchev–Trinajstić information content (AvgIpc) is 2.59. The first-order valence-corrected chi connectivity index (χ1v) is 7.71. The molecule has 0 aliphatic rings. The quantitative estimate of drug-likeness (QED) is 0.412. The van der Waals surface area contributed by atoms with Crippen molar-refractivity contribution in [2.24, 2.45) is 4.99 Å². The molecule has 0 atom stereocenters. The van der Waals surface area contributed by atoms with E-state index in [-0.39, 0.29) is 24.0 Å². The van der Waals surface area contributed by atoms with Crippen LogP contribution in [0.15, 0.2) is 47.6 Å². The van der Waals surface area contributed by atoms with Crippen LogP contribution >= 0.6 is 24.0 Å². The van der Waals surface area contributed by atoms with Crippen molar-refractivity contribution in [3.63, 3.8) is 0 Å². The minimum atomic E-state index is 0. The maximum absolute atomic E-state index is 5.35. The van der Waals surface area contributed by atoms with Gasteiger partial charge in [0.25, 0.3) is 0 Å². The number of aromatic nitrogens is 1. The number of nitrogens with zero attached hydrogens (tertiary/aromatic N) is 2. The summed E-state index contributed by atoms with van der Waals surface area (Å²) < 4.78 is 5.35. The van der Waals surface area contributed by atoms with Crippen LogP contribution in [0, 0.1) is 6.92 Å². The molecule has 130 valence electrons. The van der Waals surface area contributed by atoms with Crippen LogP contribution in [0.25, 0.3) is 0 Å². The third-order valence-corrected chi connectivity index (χ3v) is 3.54. The van der Waals surface area contributed by atoms with E-state index in [1.807, 2.05) is 43.5 Å². The largest absolute Gasteiger partial charge is 0.496 e. The predicted molar refractivity (Wildman–Crippen MR) is 109 cm³/mol. The van der Waals surface area contributed by atoms with Gasteiger partial charge in [-0.15, -0.1) is 24.0 Å². The first kappa shape index (κ1) is 20.2. The van der Waals surface area contributed by atoms with Gasteiger partial charge in [0.05, 0.1) is 7.11 Å². The summed E-state index contributed by atoms with van der Waals surface area (Å²) in [5.74, 6) is 1.65. The third kappa shape index (κ3) is 6.35. The highest BCUT2D eigenvalue weighted by Crippen LogP contribution is 2.16. The summed E-state index contributed by atoms with van der Waals surface area (Å²) in [6.07, 6.45) is 2.82. The molecule has 2 rings (SSSR count). The number of ether oxygens (including phenoxy) is 1. The van der Waals surface area contributed by atoms with Crippen molar-refractivity contribution in [2.45, 2.75) is 19.9 Å². The van der Waals surface area contributed by atoms with Crippen LogP contribution in [0.1, 0.15) is 16.8 Å². The predicted octanol–water partition coefficient (Wildman–Crippen LogP) is 2.92. The summed E-state index contributed by atoms with van der Waals surface area (Å²) in [6.45, 7) is 3.46. The Bertz CT molecular complexity index is 644. The number of guanidine groups is 1. The molecule has 0 aliphatic carbocycles. The van der Waals surface area contributed by atoms with Crippen molar-refractivity contribution in [1.82, 2.24) is 15.6 Å². The summed E-state index contributed by atoms with van der Waals surface area (Å²) in [6, 6.07) is 12.1. The summed E-state index contributed by atoms with van der Waals surface area (Å²) in [4.78, 5) is 8.55. The Balaban J connectivity index is 0.00000288. The zero-order chi connectivity index (χ0) is 16.5. The van der Waals surface area contributed by atoms with Gasteiger partial charge < -0.3 is 15.4 Å². The van der Waals surface area contributed by atoms with Gasteiger partial charge >= 0.3 is 0 Å². The van der Waals surface area contributed by atoms with Gasteiger partial charge in [0.1, 0.15) is 5.75 Å². The number of rotatable bonds is 6. The lowest BCUT2D eigenvalue weighted by atomic mass is 10.2. The molecule has 0 saturated carbocycles. The van der Waals surface area contributed by atoms with Crippen LogP contribution < -0.4 is 15.4 Å². The molecular weight excluding hydrogens is 415 g/mol. The van der Waals surface area contributed by atoms with Crippen molar-refractivity contribution in [2.75, 3.05) is 20.7 Å². The highest BCUT2D eigenvalue weighted by atomic mass is 127. The zero-order valence-corrected chi connectivity index (χ0v) is 16.7. The molecule has 0 radical (unpaired) electrons. The number of benzene rings is 1. The Labute approximate surface area is 161 Å². The van der Waals surface area contributed by atoms with Gasteiger partial charge in [-0.3, -0.25) is 9.98 Å². The van der Waals surface area contributed by atoms with Crippen molar-refractivity contribution < 1.29 is 4.74 Å². The molecule has 1 aromatic carbocycles. The van der Waals surface area contributed by atoms with Gasteiger partial charge in [-0.05, 0) is 31.0 Å². The minimum absolute atomic E-state index is 0. The first-order chi connectivity index (χ1) is 11.2. The maximum atomic E-state index is 5.35. The van der Waals surface area contributed by atoms with Gasteiger partial charge in [-0.25, -0.2) is 0 Å². The number of methoxy groups -OCH3 is 1. The fourth-order valence-corrected chi connectivity index (χ4v) is 2.22. The van der Waals surface area contributed by atoms with Gasteiger partial charge in [-0.2, -0.15) is 0 Å². The molecular formula is C18H25IN4O. The Morgan fingerprint density at radius 1 is 1.17 bits per heavy atom. The van der Waals surface area contributed by atoms with E-state index in [9.17, 15) is 0 Å². The molecule has 0 spiro atoms. The molecule has 0 amide bonds. The Hall–Kier alpha value is -1.83. The fraction of sp³-hybridized carbons (Fsp3) is 0.333. The van der Waals surface area contributed by atoms with E-state index in [0.717, 1.165) is 35.9 Å². The second kappa shape index (κ2) is 10.9. The van der Waals surface area contributed by atoms with Crippen LogP contribution in [0.3, 0.4) is 0 Å². The Morgan fingerprint density at radius 3 is 2.62 bits per heavy atom. The lowest BCUT2D eigenvalue weighted by Gasteiger charge is -2.13. The van der Waals surface area contributed by atoms with Gasteiger partial charge in [0.2, 0.25) is 0 Å². The molecule has 1 aromatic heterocycles. The third-order valence-electron chi connectivity index (χ3n) is 3.54. The summed E-state index contributed by atoms with van der Waals surface area (Å²) in [7, 11) is 3.45. The highest BCUT2D eigenvalue weighted by molar-refractivity contribution is 14.0. The van der Waals surface area contributed by atoms with E-state index < -0.39 is 0 Å². The van der Waals surface area contributed by atoms with E-state index in [2.05, 4.69) is 26.7 Å². The number of aryl methyl sites for hydroxylation is 1. The summed E-state index contributed by atoms with van der Waals surface area (Å²) in [5.41, 5.74) is 3.35. The standard InChI is InChI=1S/C18H24N4O.HI/c1-14-8-9-15(12-21-14)10-11-20-18(19-2)22-13-16-6-4-5-7-17(16)23-3;/h4-9,12H,10-11,13H2,1-3H3,(H2,19,20,22);1H. The monoisotopic (exact) mass is 440 g/mol. The molecule has 0 unspecified atom stereocenters. The molecule has 0 saturated heterocycles. The van der Waals surface area contributed by atoms with E-state index >= 15 is 0 Å². The minimum Gasteiger partial charge on any atom is -0.496 e. The van der Waals surface area contributed by atoms with Crippen LogP contribution in [0.5, 0.6) is 5.75 Å². The van der Waals surface area contributed by atoms with Crippen LogP contribution in [0.2, 0.25) is 0 Å². The summed E-state index contributed by atoms with van der Waals surface area (Å²) in [5, 5.41) is 6.61. The van der Waals surface area contributed by atoms with Crippen molar-refractivity contribution >= 4 is 29.9 Å². The van der Waals surface area contributed by atoms with Crippen LogP contribution in [-0.4, -0.2) is 31.6 Å². The van der Waals surface area contributed by atoms with E-state index in [1.165, 1.54) is 5.56 Å². The van der Waals surface area contributed by atoms with Gasteiger partial charge in [0.15, 0.2) is 5.96 Å². The molecule has 0 bridgehead atoms. The van der Waals surface area contributed by atoms with Crippen LogP contribution in [-0.2, 0) is 13.0 Å². The van der Waals surface area contributed by atoms with Crippen molar-refractivity contribution in [3.05, 3.63) is 59.4 Å². The number of hydrogen-bond donors (Lipinski definition) is 2. The number of halogens is 1. The number of hydrogen-bond acceptors (Lipinski definition) is 3. The molecule has 0 fully saturated rings. The zero-order valence-electron chi connectivity index (χ0n) is 14.4. The molecule has 0 aliphatic heterocycles. The molecule has 6 heteroatoms. The maximum Gasteiger partial charge on any atom is 0.191 e. The van der Waals surface area contributed by atoms with E-state index in [0.29, 0.717) is 6.54 Å². The number of aliphatic imine (C=N–C) groups is 1. The van der Waals surface area contributed by atoms with E-state index in [1.54, 1.807) is 14.2 Å². The Kier molecular flexibility index (Phi) is 9.14. The lowest BCUT2D eigenvalue weighted by molar-refractivity contribution is 0.409. The second-order valence-electron chi connectivity index (χ2n) is 5.22. The first-order valence-electron chi connectivity index (χ1n) is 7.71. The SMILES string of the molecule is CN=C(NCCc1ccc(C)nc1)NCc1ccccc1OC.I. The van der Waals surface area contributed by atoms with E-state index in [4.69, 9.17) is 4.74 Å². The van der Waals surface area contributed by atoms with Gasteiger partial charge in [0, 0.05) is 37.6 Å². The normalized spacial score (nSPS) is 10.7. The molecule has 1 heterocycles. The Morgan fingerprint density at radius 2 is 1.96 bits per heavy atom. The van der Waals surface area contributed by atoms with Crippen LogP contribution in [0.4, 0.5) is 0 Å². The molecule has 2 N–H and O–H groups in total. The topological polar surface area (TPSA) is 58.5 Å². The second-order valence-corrected chi connectivity index (χ2v) is 5.22. The molecule has 24 heavy (non-hydrogen) atoms. The van der Waals surface area contributed by atoms with Gasteiger partial charge in [-0.1, -0.05) is 24.3 Å². The summed E-state index contributed by atoms with van der Waals surface area (Å²) >= 11 is 0. The highest BCUT2D eigenvalue weighted by Gasteiger charge is 2.03. The van der Waals surface area contributed by atoms with Crippen molar-refractivity contribution in [1.29, 1.82) is 0 Å². The molecule has 2 aromatic rings. The lowest BCUT2D eigenvalue weighted by Crippen LogP contribution is -2.37. The number of pyridine rings is 1. The number of para-hydroxylation sites is 1. The number of nitrogens with one attached hydrogen (secondary N) is 2. The van der Waals surface area contributed by atoms with Crippen molar-refractivity contribution in [3.8, 4) is 5.75 Å². The average molecular weight is 440 g/mol.